The van der Waals surface area contributed by atoms with E-state index >= 15 is 0 Å². The molecule has 3 saturated heterocycles. The Bertz CT molecular complexity index is 1390. The van der Waals surface area contributed by atoms with Crippen LogP contribution >= 0.6 is 11.6 Å². The molecule has 7 nitrogen and oxygen atoms in total. The van der Waals surface area contributed by atoms with Gasteiger partial charge in [0.25, 0.3) is 5.91 Å². The molecule has 1 amide bonds. The SMILES string of the molecule is COc1cccc(C(=O)N2C[C@@H]3CC[C@H]2CN3Cc2c(-c3ccc(Cl)cc3)nc3ccccn23)n1. The lowest BCUT2D eigenvalue weighted by atomic mass is 9.90. The standard InChI is InChI=1S/C27H26ClN5O2/c1-35-25-7-4-5-22(29-25)27(34)33-16-20-12-13-21(33)15-31(20)17-23-26(18-8-10-19(28)11-9-18)30-24-6-2-3-14-32(23)24/h2-11,14,20-21H,12-13,15-17H2,1H3/t20-,21-/m0/s1. The van der Waals surface area contributed by atoms with Crippen LogP contribution in [-0.4, -0.2) is 62.4 Å². The van der Waals surface area contributed by atoms with Gasteiger partial charge in [-0.25, -0.2) is 9.97 Å². The topological polar surface area (TPSA) is 63.0 Å². The molecule has 0 unspecified atom stereocenters. The van der Waals surface area contributed by atoms with E-state index in [1.54, 1.807) is 19.2 Å². The van der Waals surface area contributed by atoms with Gasteiger partial charge in [-0.3, -0.25) is 9.69 Å². The number of rotatable bonds is 5. The molecule has 6 heterocycles. The van der Waals surface area contributed by atoms with Gasteiger partial charge in [-0.2, -0.15) is 0 Å². The number of pyridine rings is 2. The molecule has 178 valence electrons. The fourth-order valence-corrected chi connectivity index (χ4v) is 5.51. The summed E-state index contributed by atoms with van der Waals surface area (Å²) in [6.07, 6.45) is 4.16. The molecule has 4 aromatic rings. The number of piperidine rings is 2. The third-order valence-corrected chi connectivity index (χ3v) is 7.41. The van der Waals surface area contributed by atoms with Crippen LogP contribution in [0, 0.1) is 0 Å². The van der Waals surface area contributed by atoms with Gasteiger partial charge in [-0.1, -0.05) is 35.9 Å². The van der Waals surface area contributed by atoms with E-state index in [0.29, 0.717) is 29.2 Å². The van der Waals surface area contributed by atoms with E-state index in [-0.39, 0.29) is 11.9 Å². The first-order valence-electron chi connectivity index (χ1n) is 11.9. The average Bonchev–Trinajstić information content (AvgIpc) is 3.27. The lowest BCUT2D eigenvalue weighted by Crippen LogP contribution is -2.63. The Kier molecular flexibility index (Phi) is 5.66. The van der Waals surface area contributed by atoms with Crippen molar-refractivity contribution in [2.24, 2.45) is 0 Å². The van der Waals surface area contributed by atoms with Crippen molar-refractivity contribution < 1.29 is 9.53 Å². The van der Waals surface area contributed by atoms with E-state index in [4.69, 9.17) is 21.3 Å². The number of halogens is 1. The Hall–Kier alpha value is -3.42. The van der Waals surface area contributed by atoms with Crippen LogP contribution in [0.4, 0.5) is 0 Å². The van der Waals surface area contributed by atoms with Gasteiger partial charge in [0.1, 0.15) is 11.3 Å². The van der Waals surface area contributed by atoms with Crippen molar-refractivity contribution in [3.05, 3.63) is 83.3 Å². The molecule has 1 aromatic carbocycles. The summed E-state index contributed by atoms with van der Waals surface area (Å²) in [5.74, 6) is 0.442. The van der Waals surface area contributed by atoms with Gasteiger partial charge in [0, 0.05) is 54.6 Å². The molecular formula is C27H26ClN5O2. The molecule has 3 aromatic heterocycles. The van der Waals surface area contributed by atoms with Crippen molar-refractivity contribution in [1.82, 2.24) is 24.2 Å². The Balaban J connectivity index is 1.27. The highest BCUT2D eigenvalue weighted by Crippen LogP contribution is 2.33. The number of piperazine rings is 1. The summed E-state index contributed by atoms with van der Waals surface area (Å²) in [5, 5.41) is 0.711. The van der Waals surface area contributed by atoms with Crippen LogP contribution < -0.4 is 4.74 Å². The summed E-state index contributed by atoms with van der Waals surface area (Å²) in [5.41, 5.74) is 4.55. The van der Waals surface area contributed by atoms with Gasteiger partial charge in [0.15, 0.2) is 0 Å². The molecule has 0 aliphatic carbocycles. The molecule has 35 heavy (non-hydrogen) atoms. The van der Waals surface area contributed by atoms with Crippen LogP contribution in [0.3, 0.4) is 0 Å². The number of hydrogen-bond donors (Lipinski definition) is 0. The third-order valence-electron chi connectivity index (χ3n) is 7.16. The summed E-state index contributed by atoms with van der Waals surface area (Å²) >= 11 is 6.14. The molecule has 7 rings (SSSR count). The molecule has 0 N–H and O–H groups in total. The first-order chi connectivity index (χ1) is 17.1. The van der Waals surface area contributed by atoms with E-state index in [1.165, 1.54) is 0 Å². The number of benzene rings is 1. The molecule has 0 spiro atoms. The van der Waals surface area contributed by atoms with Gasteiger partial charge in [0.2, 0.25) is 5.88 Å². The van der Waals surface area contributed by atoms with E-state index in [2.05, 4.69) is 20.5 Å². The molecule has 0 saturated carbocycles. The Morgan fingerprint density at radius 2 is 1.83 bits per heavy atom. The zero-order chi connectivity index (χ0) is 23.9. The second kappa shape index (κ2) is 8.98. The summed E-state index contributed by atoms with van der Waals surface area (Å²) in [6.45, 7) is 2.31. The van der Waals surface area contributed by atoms with Gasteiger partial charge < -0.3 is 14.0 Å². The molecule has 2 bridgehead atoms. The van der Waals surface area contributed by atoms with Crippen LogP contribution in [0.5, 0.6) is 5.88 Å². The summed E-state index contributed by atoms with van der Waals surface area (Å²) in [7, 11) is 1.57. The van der Waals surface area contributed by atoms with Crippen LogP contribution in [0.1, 0.15) is 29.0 Å². The van der Waals surface area contributed by atoms with Gasteiger partial charge in [0.05, 0.1) is 18.5 Å². The number of carbonyl (C=O) groups excluding carboxylic acids is 1. The zero-order valence-electron chi connectivity index (χ0n) is 19.5. The minimum Gasteiger partial charge on any atom is -0.481 e. The second-order valence-electron chi connectivity index (χ2n) is 9.18. The van der Waals surface area contributed by atoms with Crippen LogP contribution in [0.25, 0.3) is 16.9 Å². The summed E-state index contributed by atoms with van der Waals surface area (Å²) in [4.78, 5) is 27.1. The van der Waals surface area contributed by atoms with Crippen LogP contribution in [0.15, 0.2) is 66.9 Å². The quantitative estimate of drug-likeness (QED) is 0.413. The van der Waals surface area contributed by atoms with Gasteiger partial charge >= 0.3 is 0 Å². The van der Waals surface area contributed by atoms with E-state index in [1.807, 2.05) is 53.4 Å². The smallest absolute Gasteiger partial charge is 0.272 e. The predicted octanol–water partition coefficient (Wildman–Crippen LogP) is 4.55. The normalized spacial score (nSPS) is 19.9. The molecule has 8 heteroatoms. The number of nitrogens with zero attached hydrogens (tertiary/aromatic N) is 5. The van der Waals surface area contributed by atoms with Gasteiger partial charge in [-0.05, 0) is 43.2 Å². The Labute approximate surface area is 208 Å². The predicted molar refractivity (Wildman–Crippen MR) is 135 cm³/mol. The maximum absolute atomic E-state index is 13.3. The van der Waals surface area contributed by atoms with Crippen molar-refractivity contribution in [3.63, 3.8) is 0 Å². The highest BCUT2D eigenvalue weighted by atomic mass is 35.5. The van der Waals surface area contributed by atoms with E-state index in [0.717, 1.165) is 48.5 Å². The Morgan fingerprint density at radius 3 is 2.60 bits per heavy atom. The monoisotopic (exact) mass is 487 g/mol. The minimum absolute atomic E-state index is 0.0186. The number of aromatic nitrogens is 3. The van der Waals surface area contributed by atoms with Crippen molar-refractivity contribution in [1.29, 1.82) is 0 Å². The lowest BCUT2D eigenvalue weighted by Gasteiger charge is -2.51. The van der Waals surface area contributed by atoms with Crippen molar-refractivity contribution in [3.8, 4) is 17.1 Å². The highest BCUT2D eigenvalue weighted by Gasteiger charge is 2.42. The fourth-order valence-electron chi connectivity index (χ4n) is 5.38. The van der Waals surface area contributed by atoms with Crippen LogP contribution in [-0.2, 0) is 6.54 Å². The number of imidazole rings is 1. The number of ether oxygens (including phenoxy) is 1. The van der Waals surface area contributed by atoms with E-state index < -0.39 is 0 Å². The lowest BCUT2D eigenvalue weighted by molar-refractivity contribution is -0.0162. The van der Waals surface area contributed by atoms with Gasteiger partial charge in [-0.15, -0.1) is 0 Å². The number of amides is 1. The zero-order valence-corrected chi connectivity index (χ0v) is 20.2. The summed E-state index contributed by atoms with van der Waals surface area (Å²) in [6, 6.07) is 19.7. The molecule has 0 radical (unpaired) electrons. The Morgan fingerprint density at radius 1 is 1.00 bits per heavy atom. The maximum Gasteiger partial charge on any atom is 0.272 e. The van der Waals surface area contributed by atoms with Crippen molar-refractivity contribution in [2.45, 2.75) is 31.5 Å². The van der Waals surface area contributed by atoms with Crippen LogP contribution in [0.2, 0.25) is 5.02 Å². The van der Waals surface area contributed by atoms with Crippen molar-refractivity contribution in [2.75, 3.05) is 20.2 Å². The highest BCUT2D eigenvalue weighted by molar-refractivity contribution is 6.30. The number of hydrogen-bond acceptors (Lipinski definition) is 5. The average molecular weight is 488 g/mol. The first kappa shape index (κ1) is 22.1. The molecule has 2 atom stereocenters. The maximum atomic E-state index is 13.3. The fraction of sp³-hybridized carbons (Fsp3) is 0.296. The molecule has 3 aliphatic heterocycles. The molecule has 3 aliphatic rings. The largest absolute Gasteiger partial charge is 0.481 e. The van der Waals surface area contributed by atoms with Crippen molar-refractivity contribution >= 4 is 23.2 Å². The van der Waals surface area contributed by atoms with E-state index in [9.17, 15) is 4.79 Å². The second-order valence-corrected chi connectivity index (χ2v) is 9.62. The minimum atomic E-state index is -0.0186. The number of methoxy groups -OCH3 is 1. The first-order valence-corrected chi connectivity index (χ1v) is 12.3. The number of fused-ring (bicyclic) bond motifs is 4. The number of carbonyl (C=O) groups is 1. The molecular weight excluding hydrogens is 462 g/mol. The summed E-state index contributed by atoms with van der Waals surface area (Å²) < 4.78 is 7.39. The third kappa shape index (κ3) is 4.05. The molecule has 3 fully saturated rings.